The largest absolute Gasteiger partial charge is 0.394 e. The standard InChI is InChI=1S/C19H19NO3/c21-11-19(12-22,13-23)20-10-15-9-14-5-1-2-6-16(14)18-8-4-3-7-17(15)18/h1-10,21-23H,11-13H2. The molecule has 0 fully saturated rings. The first-order valence-electron chi connectivity index (χ1n) is 7.51. The molecule has 0 aliphatic carbocycles. The number of aliphatic hydroxyl groups excluding tert-OH is 3. The smallest absolute Gasteiger partial charge is 0.129 e. The molecule has 4 nitrogen and oxygen atoms in total. The second-order valence-corrected chi connectivity index (χ2v) is 5.69. The Hall–Kier alpha value is -2.27. The first kappa shape index (κ1) is 15.6. The van der Waals surface area contributed by atoms with Crippen molar-refractivity contribution in [2.45, 2.75) is 5.54 Å². The first-order valence-corrected chi connectivity index (χ1v) is 7.51. The van der Waals surface area contributed by atoms with Crippen molar-refractivity contribution >= 4 is 27.8 Å². The van der Waals surface area contributed by atoms with E-state index in [9.17, 15) is 15.3 Å². The lowest BCUT2D eigenvalue weighted by Crippen LogP contribution is -2.39. The van der Waals surface area contributed by atoms with Gasteiger partial charge in [0.25, 0.3) is 0 Å². The van der Waals surface area contributed by atoms with Gasteiger partial charge in [-0.1, -0.05) is 48.5 Å². The van der Waals surface area contributed by atoms with Crippen LogP contribution in [-0.4, -0.2) is 46.9 Å². The monoisotopic (exact) mass is 309 g/mol. The van der Waals surface area contributed by atoms with Gasteiger partial charge in [0.05, 0.1) is 19.8 Å². The molecule has 4 heteroatoms. The number of aliphatic imine (C=N–C) groups is 1. The van der Waals surface area contributed by atoms with Crippen molar-refractivity contribution in [1.29, 1.82) is 0 Å². The number of fused-ring (bicyclic) bond motifs is 3. The Morgan fingerprint density at radius 2 is 1.35 bits per heavy atom. The minimum absolute atomic E-state index is 0.415. The molecule has 0 saturated carbocycles. The van der Waals surface area contributed by atoms with E-state index in [0.29, 0.717) is 0 Å². The van der Waals surface area contributed by atoms with Crippen LogP contribution >= 0.6 is 0 Å². The Morgan fingerprint density at radius 1 is 0.783 bits per heavy atom. The van der Waals surface area contributed by atoms with Crippen LogP contribution in [0.5, 0.6) is 0 Å². The average Bonchev–Trinajstić information content (AvgIpc) is 2.63. The van der Waals surface area contributed by atoms with Gasteiger partial charge in [-0.05, 0) is 27.6 Å². The normalized spacial score (nSPS) is 12.5. The minimum Gasteiger partial charge on any atom is -0.394 e. The first-order chi connectivity index (χ1) is 11.2. The summed E-state index contributed by atoms with van der Waals surface area (Å²) in [4.78, 5) is 4.26. The summed E-state index contributed by atoms with van der Waals surface area (Å²) in [6.07, 6.45) is 1.62. The van der Waals surface area contributed by atoms with E-state index in [2.05, 4.69) is 17.1 Å². The SMILES string of the molecule is OCC(CO)(CO)N=Cc1cc2ccccc2c2ccccc12. The Bertz CT molecular complexity index is 845. The Labute approximate surface area is 134 Å². The lowest BCUT2D eigenvalue weighted by atomic mass is 9.97. The van der Waals surface area contributed by atoms with Crippen molar-refractivity contribution in [2.24, 2.45) is 4.99 Å². The van der Waals surface area contributed by atoms with E-state index in [4.69, 9.17) is 0 Å². The van der Waals surface area contributed by atoms with Gasteiger partial charge in [0.1, 0.15) is 5.54 Å². The van der Waals surface area contributed by atoms with E-state index in [1.807, 2.05) is 42.5 Å². The fourth-order valence-corrected chi connectivity index (χ4v) is 2.67. The maximum absolute atomic E-state index is 9.41. The zero-order valence-corrected chi connectivity index (χ0v) is 12.7. The highest BCUT2D eigenvalue weighted by Gasteiger charge is 2.26. The van der Waals surface area contributed by atoms with Gasteiger partial charge in [-0.2, -0.15) is 0 Å². The van der Waals surface area contributed by atoms with E-state index in [0.717, 1.165) is 27.1 Å². The predicted molar refractivity (Wildman–Crippen MR) is 93.0 cm³/mol. The topological polar surface area (TPSA) is 73.0 Å². The summed E-state index contributed by atoms with van der Waals surface area (Å²) in [5.41, 5.74) is -0.369. The quantitative estimate of drug-likeness (QED) is 0.499. The lowest BCUT2D eigenvalue weighted by molar-refractivity contribution is 0.0718. The van der Waals surface area contributed by atoms with Crippen LogP contribution in [0.3, 0.4) is 0 Å². The van der Waals surface area contributed by atoms with Crippen LogP contribution in [0.2, 0.25) is 0 Å². The zero-order valence-electron chi connectivity index (χ0n) is 12.7. The fraction of sp³-hybridized carbons (Fsp3) is 0.211. The van der Waals surface area contributed by atoms with Crippen molar-refractivity contribution in [3.05, 3.63) is 60.2 Å². The average molecular weight is 309 g/mol. The molecule has 0 saturated heterocycles. The van der Waals surface area contributed by atoms with Crippen molar-refractivity contribution in [3.8, 4) is 0 Å². The maximum atomic E-state index is 9.41. The summed E-state index contributed by atoms with van der Waals surface area (Å²) < 4.78 is 0. The van der Waals surface area contributed by atoms with Gasteiger partial charge in [-0.15, -0.1) is 0 Å². The molecule has 0 aliphatic heterocycles. The third-order valence-electron chi connectivity index (χ3n) is 4.16. The summed E-state index contributed by atoms with van der Waals surface area (Å²) in [7, 11) is 0. The van der Waals surface area contributed by atoms with E-state index < -0.39 is 25.4 Å². The number of rotatable bonds is 5. The van der Waals surface area contributed by atoms with Gasteiger partial charge in [0.15, 0.2) is 0 Å². The number of nitrogens with zero attached hydrogens (tertiary/aromatic N) is 1. The Kier molecular flexibility index (Phi) is 4.39. The molecule has 23 heavy (non-hydrogen) atoms. The number of hydrogen-bond acceptors (Lipinski definition) is 4. The van der Waals surface area contributed by atoms with Crippen molar-refractivity contribution in [2.75, 3.05) is 19.8 Å². The van der Waals surface area contributed by atoms with Crippen molar-refractivity contribution < 1.29 is 15.3 Å². The highest BCUT2D eigenvalue weighted by Crippen LogP contribution is 2.28. The molecule has 0 spiro atoms. The van der Waals surface area contributed by atoms with E-state index in [1.165, 1.54) is 0 Å². The van der Waals surface area contributed by atoms with Crippen LogP contribution in [0.25, 0.3) is 21.5 Å². The Balaban J connectivity index is 2.20. The highest BCUT2D eigenvalue weighted by atomic mass is 16.3. The van der Waals surface area contributed by atoms with Crippen LogP contribution in [0, 0.1) is 0 Å². The minimum atomic E-state index is -1.26. The maximum Gasteiger partial charge on any atom is 0.129 e. The second-order valence-electron chi connectivity index (χ2n) is 5.69. The van der Waals surface area contributed by atoms with E-state index in [-0.39, 0.29) is 0 Å². The number of benzene rings is 3. The molecule has 3 aromatic carbocycles. The van der Waals surface area contributed by atoms with Gasteiger partial charge < -0.3 is 15.3 Å². The molecule has 0 atom stereocenters. The number of hydrogen-bond donors (Lipinski definition) is 3. The van der Waals surface area contributed by atoms with Crippen molar-refractivity contribution in [3.63, 3.8) is 0 Å². The summed E-state index contributed by atoms with van der Waals surface area (Å²) in [5, 5.41) is 32.6. The van der Waals surface area contributed by atoms with Crippen LogP contribution in [0.15, 0.2) is 59.6 Å². The molecule has 0 radical (unpaired) electrons. The molecule has 0 amide bonds. The highest BCUT2D eigenvalue weighted by molar-refractivity contribution is 6.14. The summed E-state index contributed by atoms with van der Waals surface area (Å²) in [6, 6.07) is 18.2. The molecule has 0 aliphatic rings. The second kappa shape index (κ2) is 6.46. The van der Waals surface area contributed by atoms with Crippen LogP contribution in [-0.2, 0) is 0 Å². The molecule has 0 bridgehead atoms. The third-order valence-corrected chi connectivity index (χ3v) is 4.16. The molecule has 3 aromatic rings. The molecule has 3 N–H and O–H groups in total. The number of aliphatic hydroxyl groups is 3. The summed E-state index contributed by atoms with van der Waals surface area (Å²) in [6.45, 7) is -1.24. The molecule has 0 aromatic heterocycles. The molecule has 0 heterocycles. The van der Waals surface area contributed by atoms with Gasteiger partial charge in [-0.3, -0.25) is 4.99 Å². The van der Waals surface area contributed by atoms with Crippen LogP contribution < -0.4 is 0 Å². The molecular formula is C19H19NO3. The molecule has 118 valence electrons. The third kappa shape index (κ3) is 2.84. The van der Waals surface area contributed by atoms with Gasteiger partial charge >= 0.3 is 0 Å². The van der Waals surface area contributed by atoms with Crippen LogP contribution in [0.1, 0.15) is 5.56 Å². The van der Waals surface area contributed by atoms with Gasteiger partial charge in [-0.25, -0.2) is 0 Å². The van der Waals surface area contributed by atoms with Crippen molar-refractivity contribution in [1.82, 2.24) is 0 Å². The van der Waals surface area contributed by atoms with Gasteiger partial charge in [0.2, 0.25) is 0 Å². The lowest BCUT2D eigenvalue weighted by Gasteiger charge is -2.22. The summed E-state index contributed by atoms with van der Waals surface area (Å²) in [5.74, 6) is 0. The fourth-order valence-electron chi connectivity index (χ4n) is 2.67. The predicted octanol–water partition coefficient (Wildman–Crippen LogP) is 2.13. The zero-order chi connectivity index (χ0) is 16.3. The van der Waals surface area contributed by atoms with Crippen LogP contribution in [0.4, 0.5) is 0 Å². The van der Waals surface area contributed by atoms with E-state index >= 15 is 0 Å². The molecular weight excluding hydrogens is 290 g/mol. The molecule has 0 unspecified atom stereocenters. The Morgan fingerprint density at radius 3 is 2.00 bits per heavy atom. The molecule has 3 rings (SSSR count). The summed E-state index contributed by atoms with van der Waals surface area (Å²) >= 11 is 0. The van der Waals surface area contributed by atoms with E-state index in [1.54, 1.807) is 6.21 Å². The van der Waals surface area contributed by atoms with Gasteiger partial charge in [0, 0.05) is 11.8 Å².